The second-order valence-corrected chi connectivity index (χ2v) is 6.71. The van der Waals surface area contributed by atoms with Crippen LogP contribution in [0.2, 0.25) is 0 Å². The fraction of sp³-hybridized carbons (Fsp3) is 0.333. The zero-order chi connectivity index (χ0) is 14.6. The first-order valence-corrected chi connectivity index (χ1v) is 8.39. The second kappa shape index (κ2) is 7.75. The number of sulfonamides is 1. The van der Waals surface area contributed by atoms with Crippen molar-refractivity contribution in [2.75, 3.05) is 12.3 Å². The first kappa shape index (κ1) is 17.9. The first-order valence-electron chi connectivity index (χ1n) is 6.74. The van der Waals surface area contributed by atoms with Crippen molar-refractivity contribution in [1.82, 2.24) is 4.72 Å². The summed E-state index contributed by atoms with van der Waals surface area (Å²) in [5.41, 5.74) is 6.62. The van der Waals surface area contributed by atoms with E-state index in [1.807, 2.05) is 49.4 Å². The Balaban J connectivity index is 0.00000220. The minimum Gasteiger partial charge on any atom is -0.329 e. The van der Waals surface area contributed by atoms with Gasteiger partial charge in [-0.15, -0.1) is 12.4 Å². The van der Waals surface area contributed by atoms with Crippen molar-refractivity contribution >= 4 is 33.2 Å². The zero-order valence-corrected chi connectivity index (χ0v) is 13.6. The maximum Gasteiger partial charge on any atom is 0.212 e. The average molecular weight is 329 g/mol. The van der Waals surface area contributed by atoms with E-state index in [9.17, 15) is 8.42 Å². The van der Waals surface area contributed by atoms with Crippen LogP contribution >= 0.6 is 12.4 Å². The Hall–Kier alpha value is -1.14. The van der Waals surface area contributed by atoms with Crippen molar-refractivity contribution in [2.24, 2.45) is 5.73 Å². The SMILES string of the molecule is CCCS(=O)(=O)NC(CN)c1ccc2ccccc2c1.Cl. The highest BCUT2D eigenvalue weighted by Gasteiger charge is 2.17. The molecule has 0 aliphatic rings. The Kier molecular flexibility index (Phi) is 6.61. The van der Waals surface area contributed by atoms with Crippen molar-refractivity contribution < 1.29 is 8.42 Å². The number of halogens is 1. The Morgan fingerprint density at radius 3 is 2.43 bits per heavy atom. The van der Waals surface area contributed by atoms with Gasteiger partial charge in [-0.2, -0.15) is 0 Å². The molecule has 1 atom stereocenters. The Morgan fingerprint density at radius 1 is 1.14 bits per heavy atom. The smallest absolute Gasteiger partial charge is 0.212 e. The lowest BCUT2D eigenvalue weighted by Gasteiger charge is -2.17. The van der Waals surface area contributed by atoms with Crippen molar-refractivity contribution in [3.05, 3.63) is 48.0 Å². The first-order chi connectivity index (χ1) is 9.55. The van der Waals surface area contributed by atoms with Crippen LogP contribution < -0.4 is 10.5 Å². The number of hydrogen-bond acceptors (Lipinski definition) is 3. The molecule has 0 fully saturated rings. The third kappa shape index (κ3) is 4.68. The van der Waals surface area contributed by atoms with Gasteiger partial charge < -0.3 is 5.73 Å². The number of hydrogen-bond donors (Lipinski definition) is 2. The highest BCUT2D eigenvalue weighted by atomic mass is 35.5. The lowest BCUT2D eigenvalue weighted by molar-refractivity contribution is 0.557. The molecule has 3 N–H and O–H groups in total. The molecular formula is C15H21ClN2O2S. The van der Waals surface area contributed by atoms with Gasteiger partial charge in [-0.3, -0.25) is 0 Å². The molecule has 4 nitrogen and oxygen atoms in total. The van der Waals surface area contributed by atoms with Crippen LogP contribution in [0.25, 0.3) is 10.8 Å². The van der Waals surface area contributed by atoms with E-state index in [2.05, 4.69) is 4.72 Å². The summed E-state index contributed by atoms with van der Waals surface area (Å²) in [7, 11) is -3.27. The Bertz CT molecular complexity index is 689. The fourth-order valence-electron chi connectivity index (χ4n) is 2.22. The van der Waals surface area contributed by atoms with Gasteiger partial charge in [0.1, 0.15) is 0 Å². The lowest BCUT2D eigenvalue weighted by atomic mass is 10.0. The van der Waals surface area contributed by atoms with E-state index < -0.39 is 10.0 Å². The van der Waals surface area contributed by atoms with E-state index >= 15 is 0 Å². The van der Waals surface area contributed by atoms with E-state index in [0.717, 1.165) is 16.3 Å². The van der Waals surface area contributed by atoms with E-state index in [1.165, 1.54) is 0 Å². The monoisotopic (exact) mass is 328 g/mol. The molecule has 0 saturated carbocycles. The van der Waals surface area contributed by atoms with E-state index in [0.29, 0.717) is 6.42 Å². The molecule has 0 aliphatic carbocycles. The third-order valence-corrected chi connectivity index (χ3v) is 4.80. The molecule has 0 heterocycles. The summed E-state index contributed by atoms with van der Waals surface area (Å²) in [4.78, 5) is 0. The minimum atomic E-state index is -3.27. The van der Waals surface area contributed by atoms with Gasteiger partial charge >= 0.3 is 0 Å². The van der Waals surface area contributed by atoms with E-state index in [1.54, 1.807) is 0 Å². The summed E-state index contributed by atoms with van der Waals surface area (Å²) in [6.45, 7) is 2.08. The molecule has 2 rings (SSSR count). The van der Waals surface area contributed by atoms with Gasteiger partial charge in [-0.05, 0) is 28.8 Å². The summed E-state index contributed by atoms with van der Waals surface area (Å²) in [5, 5.41) is 2.21. The maximum atomic E-state index is 11.9. The van der Waals surface area contributed by atoms with Crippen LogP contribution in [0, 0.1) is 0 Å². The standard InChI is InChI=1S/C15H20N2O2S.ClH/c1-2-9-20(18,19)17-15(11-16)14-8-7-12-5-3-4-6-13(12)10-14;/h3-8,10,15,17H,2,9,11,16H2,1H3;1H. The van der Waals surface area contributed by atoms with Crippen LogP contribution in [-0.4, -0.2) is 20.7 Å². The van der Waals surface area contributed by atoms with Gasteiger partial charge in [0.05, 0.1) is 11.8 Å². The summed E-state index contributed by atoms with van der Waals surface area (Å²) >= 11 is 0. The van der Waals surface area contributed by atoms with Crippen LogP contribution in [0.4, 0.5) is 0 Å². The molecule has 21 heavy (non-hydrogen) atoms. The van der Waals surface area contributed by atoms with Gasteiger partial charge in [0.25, 0.3) is 0 Å². The van der Waals surface area contributed by atoms with E-state index in [4.69, 9.17) is 5.73 Å². The molecule has 116 valence electrons. The van der Waals surface area contributed by atoms with Gasteiger partial charge in [0.2, 0.25) is 10.0 Å². The van der Waals surface area contributed by atoms with E-state index in [-0.39, 0.29) is 30.7 Å². The molecule has 1 unspecified atom stereocenters. The van der Waals surface area contributed by atoms with Crippen molar-refractivity contribution in [3.63, 3.8) is 0 Å². The highest BCUT2D eigenvalue weighted by molar-refractivity contribution is 7.89. The molecule has 0 radical (unpaired) electrons. The van der Waals surface area contributed by atoms with Crippen LogP contribution in [-0.2, 0) is 10.0 Å². The molecule has 0 bridgehead atoms. The van der Waals surface area contributed by atoms with Crippen LogP contribution in [0.1, 0.15) is 24.9 Å². The predicted molar refractivity (Wildman–Crippen MR) is 90.2 cm³/mol. The summed E-state index contributed by atoms with van der Waals surface area (Å²) in [6, 6.07) is 13.5. The van der Waals surface area contributed by atoms with Crippen molar-refractivity contribution in [3.8, 4) is 0 Å². The number of nitrogens with one attached hydrogen (secondary N) is 1. The molecule has 0 aliphatic heterocycles. The largest absolute Gasteiger partial charge is 0.329 e. The quantitative estimate of drug-likeness (QED) is 0.856. The summed E-state index contributed by atoms with van der Waals surface area (Å²) < 4.78 is 26.4. The van der Waals surface area contributed by atoms with Gasteiger partial charge in [0.15, 0.2) is 0 Å². The highest BCUT2D eigenvalue weighted by Crippen LogP contribution is 2.20. The Labute approximate surface area is 132 Å². The fourth-order valence-corrected chi connectivity index (χ4v) is 3.54. The van der Waals surface area contributed by atoms with Gasteiger partial charge in [-0.1, -0.05) is 43.3 Å². The van der Waals surface area contributed by atoms with Crippen LogP contribution in [0.3, 0.4) is 0 Å². The van der Waals surface area contributed by atoms with Crippen molar-refractivity contribution in [2.45, 2.75) is 19.4 Å². The molecule has 2 aromatic rings. The lowest BCUT2D eigenvalue weighted by Crippen LogP contribution is -2.34. The molecular weight excluding hydrogens is 308 g/mol. The minimum absolute atomic E-state index is 0. The molecule has 6 heteroatoms. The van der Waals surface area contributed by atoms with Gasteiger partial charge in [0, 0.05) is 6.54 Å². The molecule has 0 amide bonds. The topological polar surface area (TPSA) is 72.2 Å². The maximum absolute atomic E-state index is 11.9. The average Bonchev–Trinajstić information content (AvgIpc) is 2.44. The molecule has 2 aromatic carbocycles. The normalized spacial score (nSPS) is 12.9. The van der Waals surface area contributed by atoms with Crippen LogP contribution in [0.5, 0.6) is 0 Å². The van der Waals surface area contributed by atoms with Gasteiger partial charge in [-0.25, -0.2) is 13.1 Å². The third-order valence-electron chi connectivity index (χ3n) is 3.21. The predicted octanol–water partition coefficient (Wildman–Crippen LogP) is 2.59. The number of fused-ring (bicyclic) bond motifs is 1. The molecule has 0 saturated heterocycles. The van der Waals surface area contributed by atoms with Crippen LogP contribution in [0.15, 0.2) is 42.5 Å². The van der Waals surface area contributed by atoms with Crippen molar-refractivity contribution in [1.29, 1.82) is 0 Å². The number of nitrogens with two attached hydrogens (primary N) is 1. The second-order valence-electron chi connectivity index (χ2n) is 4.83. The molecule has 0 spiro atoms. The molecule has 0 aromatic heterocycles. The summed E-state index contributed by atoms with van der Waals surface area (Å²) in [6.07, 6.45) is 0.588. The summed E-state index contributed by atoms with van der Waals surface area (Å²) in [5.74, 6) is 0.122. The number of rotatable bonds is 6. The zero-order valence-electron chi connectivity index (χ0n) is 12.0. The Morgan fingerprint density at radius 2 is 1.81 bits per heavy atom. The number of benzene rings is 2.